The van der Waals surface area contributed by atoms with Crippen molar-refractivity contribution in [3.05, 3.63) is 0 Å². The van der Waals surface area contributed by atoms with Crippen molar-refractivity contribution in [3.8, 4) is 0 Å². The van der Waals surface area contributed by atoms with Crippen LogP contribution in [0, 0.1) is 0 Å². The summed E-state index contributed by atoms with van der Waals surface area (Å²) in [5.41, 5.74) is 0. The van der Waals surface area contributed by atoms with Gasteiger partial charge in [-0.1, -0.05) is 19.3 Å². The molecule has 4 nitrogen and oxygen atoms in total. The van der Waals surface area contributed by atoms with E-state index < -0.39 is 5.97 Å². The van der Waals surface area contributed by atoms with Gasteiger partial charge in [0.05, 0.1) is 6.42 Å². The van der Waals surface area contributed by atoms with Gasteiger partial charge >= 0.3 is 5.97 Å². The summed E-state index contributed by atoms with van der Waals surface area (Å²) < 4.78 is 0. The highest BCUT2D eigenvalue weighted by Crippen LogP contribution is 2.23. The Morgan fingerprint density at radius 1 is 1.24 bits per heavy atom. The van der Waals surface area contributed by atoms with Gasteiger partial charge in [0.1, 0.15) is 0 Å². The van der Waals surface area contributed by atoms with Gasteiger partial charge in [-0.3, -0.25) is 9.69 Å². The van der Waals surface area contributed by atoms with Crippen LogP contribution in [0.2, 0.25) is 0 Å². The molecule has 1 aliphatic heterocycles. The molecule has 0 spiro atoms. The number of nitrogens with one attached hydrogen (secondary N) is 1. The van der Waals surface area contributed by atoms with E-state index >= 15 is 0 Å². The van der Waals surface area contributed by atoms with Crippen LogP contribution in [0.5, 0.6) is 0 Å². The van der Waals surface area contributed by atoms with E-state index in [1.807, 2.05) is 0 Å². The molecular weight excluding hydrogens is 216 g/mol. The van der Waals surface area contributed by atoms with Crippen LogP contribution >= 0.6 is 0 Å². The normalized spacial score (nSPS) is 28.8. The summed E-state index contributed by atoms with van der Waals surface area (Å²) in [4.78, 5) is 13.3. The van der Waals surface area contributed by atoms with Gasteiger partial charge in [-0.15, -0.1) is 0 Å². The van der Waals surface area contributed by atoms with Gasteiger partial charge in [-0.05, 0) is 32.4 Å². The van der Waals surface area contributed by atoms with Crippen LogP contribution in [0.15, 0.2) is 0 Å². The van der Waals surface area contributed by atoms with Crippen molar-refractivity contribution in [2.75, 3.05) is 19.6 Å². The lowest BCUT2D eigenvalue weighted by molar-refractivity contribution is -0.137. The molecule has 2 N–H and O–H groups in total. The first-order valence-corrected chi connectivity index (χ1v) is 6.95. The third-order valence-corrected chi connectivity index (χ3v) is 4.02. The van der Waals surface area contributed by atoms with Crippen LogP contribution < -0.4 is 5.32 Å². The van der Waals surface area contributed by atoms with Gasteiger partial charge in [0.2, 0.25) is 0 Å². The number of hydrogen-bond donors (Lipinski definition) is 2. The summed E-state index contributed by atoms with van der Waals surface area (Å²) in [5.74, 6) is -0.687. The first-order chi connectivity index (χ1) is 8.25. The van der Waals surface area contributed by atoms with E-state index in [0.29, 0.717) is 6.04 Å². The third kappa shape index (κ3) is 3.96. The van der Waals surface area contributed by atoms with Crippen molar-refractivity contribution in [2.24, 2.45) is 0 Å². The Bertz CT molecular complexity index is 252. The predicted octanol–water partition coefficient (Wildman–Crippen LogP) is 1.46. The molecule has 1 saturated heterocycles. The standard InChI is InChI=1S/C13H24N2O2/c16-13(17)9-11-10-15(8-4-7-14-11)12-5-2-1-3-6-12/h11-12,14H,1-10H2,(H,16,17). The Labute approximate surface area is 103 Å². The van der Waals surface area contributed by atoms with Gasteiger partial charge in [-0.2, -0.15) is 0 Å². The highest BCUT2D eigenvalue weighted by atomic mass is 16.4. The average Bonchev–Trinajstić information content (AvgIpc) is 2.55. The molecule has 2 aliphatic rings. The summed E-state index contributed by atoms with van der Waals surface area (Å²) in [7, 11) is 0. The fourth-order valence-electron chi connectivity index (χ4n) is 3.15. The molecule has 0 aromatic heterocycles. The second-order valence-corrected chi connectivity index (χ2v) is 5.39. The molecule has 0 bridgehead atoms. The van der Waals surface area contributed by atoms with E-state index in [9.17, 15) is 4.79 Å². The van der Waals surface area contributed by atoms with Crippen LogP contribution in [0.3, 0.4) is 0 Å². The van der Waals surface area contributed by atoms with Crippen molar-refractivity contribution >= 4 is 5.97 Å². The minimum Gasteiger partial charge on any atom is -0.481 e. The number of carbonyl (C=O) groups is 1. The largest absolute Gasteiger partial charge is 0.481 e. The molecule has 0 aromatic rings. The summed E-state index contributed by atoms with van der Waals surface area (Å²) in [6, 6.07) is 0.844. The third-order valence-electron chi connectivity index (χ3n) is 4.02. The van der Waals surface area contributed by atoms with Crippen molar-refractivity contribution in [2.45, 2.75) is 57.0 Å². The first-order valence-electron chi connectivity index (χ1n) is 6.95. The maximum atomic E-state index is 10.8. The Kier molecular flexibility index (Phi) is 4.80. The zero-order valence-electron chi connectivity index (χ0n) is 10.5. The molecule has 4 heteroatoms. The average molecular weight is 240 g/mol. The van der Waals surface area contributed by atoms with Crippen molar-refractivity contribution in [3.63, 3.8) is 0 Å². The van der Waals surface area contributed by atoms with E-state index in [-0.39, 0.29) is 12.5 Å². The fraction of sp³-hybridized carbons (Fsp3) is 0.923. The van der Waals surface area contributed by atoms with Crippen LogP contribution in [-0.2, 0) is 4.79 Å². The smallest absolute Gasteiger partial charge is 0.304 e. The molecule has 1 heterocycles. The molecule has 2 rings (SSSR count). The van der Waals surface area contributed by atoms with Gasteiger partial charge in [-0.25, -0.2) is 0 Å². The zero-order valence-corrected chi connectivity index (χ0v) is 10.5. The van der Waals surface area contributed by atoms with Crippen molar-refractivity contribution in [1.82, 2.24) is 10.2 Å². The van der Waals surface area contributed by atoms with Gasteiger partial charge in [0.25, 0.3) is 0 Å². The maximum Gasteiger partial charge on any atom is 0.304 e. The molecule has 17 heavy (non-hydrogen) atoms. The predicted molar refractivity (Wildman–Crippen MR) is 67.1 cm³/mol. The highest BCUT2D eigenvalue weighted by molar-refractivity contribution is 5.67. The SMILES string of the molecule is O=C(O)CC1CN(C2CCCCC2)CCCN1. The lowest BCUT2D eigenvalue weighted by Crippen LogP contribution is -2.44. The van der Waals surface area contributed by atoms with E-state index in [4.69, 9.17) is 5.11 Å². The number of nitrogens with zero attached hydrogens (tertiary/aromatic N) is 1. The summed E-state index contributed by atoms with van der Waals surface area (Å²) in [6.07, 6.45) is 8.08. The Morgan fingerprint density at radius 3 is 2.71 bits per heavy atom. The van der Waals surface area contributed by atoms with Gasteiger partial charge in [0, 0.05) is 18.6 Å². The Hall–Kier alpha value is -0.610. The number of aliphatic carboxylic acids is 1. The van der Waals surface area contributed by atoms with Crippen LogP contribution in [-0.4, -0.2) is 47.7 Å². The minimum atomic E-state index is -0.687. The van der Waals surface area contributed by atoms with Crippen LogP contribution in [0.4, 0.5) is 0 Å². The maximum absolute atomic E-state index is 10.8. The molecule has 2 fully saturated rings. The lowest BCUT2D eigenvalue weighted by atomic mass is 9.93. The number of carboxylic acids is 1. The van der Waals surface area contributed by atoms with E-state index in [0.717, 1.165) is 26.1 Å². The zero-order chi connectivity index (χ0) is 12.1. The van der Waals surface area contributed by atoms with E-state index in [2.05, 4.69) is 10.2 Å². The molecule has 1 aliphatic carbocycles. The second kappa shape index (κ2) is 6.36. The second-order valence-electron chi connectivity index (χ2n) is 5.39. The van der Waals surface area contributed by atoms with Crippen molar-refractivity contribution in [1.29, 1.82) is 0 Å². The first kappa shape index (κ1) is 12.8. The van der Waals surface area contributed by atoms with Crippen LogP contribution in [0.25, 0.3) is 0 Å². The minimum absolute atomic E-state index is 0.136. The van der Waals surface area contributed by atoms with E-state index in [1.54, 1.807) is 0 Å². The molecule has 1 unspecified atom stereocenters. The van der Waals surface area contributed by atoms with Gasteiger partial charge in [0.15, 0.2) is 0 Å². The quantitative estimate of drug-likeness (QED) is 0.784. The number of carboxylic acid groups (broad SMARTS) is 1. The summed E-state index contributed by atoms with van der Waals surface area (Å²) in [5, 5.41) is 12.3. The van der Waals surface area contributed by atoms with Gasteiger partial charge < -0.3 is 10.4 Å². The fourth-order valence-corrected chi connectivity index (χ4v) is 3.15. The molecule has 0 aromatic carbocycles. The van der Waals surface area contributed by atoms with E-state index in [1.165, 1.54) is 32.1 Å². The molecule has 1 atom stereocenters. The van der Waals surface area contributed by atoms with Crippen molar-refractivity contribution < 1.29 is 9.90 Å². The molecule has 98 valence electrons. The molecule has 0 amide bonds. The topological polar surface area (TPSA) is 52.6 Å². The van der Waals surface area contributed by atoms with Crippen LogP contribution in [0.1, 0.15) is 44.9 Å². The monoisotopic (exact) mass is 240 g/mol. The Morgan fingerprint density at radius 2 is 2.00 bits per heavy atom. The highest BCUT2D eigenvalue weighted by Gasteiger charge is 2.26. The molecule has 0 radical (unpaired) electrons. The molecule has 1 saturated carbocycles. The lowest BCUT2D eigenvalue weighted by Gasteiger charge is -2.34. The molecular formula is C13H24N2O2. The number of hydrogen-bond acceptors (Lipinski definition) is 3. The number of rotatable bonds is 3. The summed E-state index contributed by atoms with van der Waals surface area (Å²) in [6.45, 7) is 3.01. The summed E-state index contributed by atoms with van der Waals surface area (Å²) >= 11 is 0. The Balaban J connectivity index is 1.88.